The minimum absolute atomic E-state index is 0.0636. The summed E-state index contributed by atoms with van der Waals surface area (Å²) in [6.07, 6.45) is 0.595. The van der Waals surface area contributed by atoms with Crippen LogP contribution in [0.25, 0.3) is 0 Å². The van der Waals surface area contributed by atoms with Gasteiger partial charge in [0.05, 0.1) is 6.61 Å². The standard InChI is InChI=1S/C14H18N2O3/c1-3-12-14(18)16(9-13(17)15-12)10-5-7-11(8-6-10)19-4-2/h5-8,12H,3-4,9H2,1-2H3,(H,15,17). The normalized spacial score (nSPS) is 19.3. The third-order valence-electron chi connectivity index (χ3n) is 3.07. The van der Waals surface area contributed by atoms with E-state index in [-0.39, 0.29) is 18.4 Å². The van der Waals surface area contributed by atoms with E-state index in [0.717, 1.165) is 11.4 Å². The van der Waals surface area contributed by atoms with Gasteiger partial charge in [0.15, 0.2) is 0 Å². The van der Waals surface area contributed by atoms with E-state index >= 15 is 0 Å². The van der Waals surface area contributed by atoms with Crippen molar-refractivity contribution in [2.24, 2.45) is 0 Å². The lowest BCUT2D eigenvalue weighted by Gasteiger charge is -2.32. The van der Waals surface area contributed by atoms with Gasteiger partial charge in [-0.15, -0.1) is 0 Å². The Morgan fingerprint density at radius 3 is 2.53 bits per heavy atom. The van der Waals surface area contributed by atoms with E-state index in [2.05, 4.69) is 5.32 Å². The van der Waals surface area contributed by atoms with Crippen molar-refractivity contribution < 1.29 is 14.3 Å². The summed E-state index contributed by atoms with van der Waals surface area (Å²) in [5.74, 6) is 0.568. The summed E-state index contributed by atoms with van der Waals surface area (Å²) in [6, 6.07) is 6.79. The molecule has 2 rings (SSSR count). The number of nitrogens with one attached hydrogen (secondary N) is 1. The number of hydrogen-bond acceptors (Lipinski definition) is 3. The highest BCUT2D eigenvalue weighted by Crippen LogP contribution is 2.21. The van der Waals surface area contributed by atoms with Crippen LogP contribution in [-0.4, -0.2) is 31.0 Å². The summed E-state index contributed by atoms with van der Waals surface area (Å²) in [7, 11) is 0. The molecule has 0 aromatic heterocycles. The molecule has 2 amide bonds. The van der Waals surface area contributed by atoms with E-state index in [4.69, 9.17) is 4.74 Å². The minimum atomic E-state index is -0.423. The highest BCUT2D eigenvalue weighted by atomic mass is 16.5. The van der Waals surface area contributed by atoms with E-state index in [1.54, 1.807) is 24.3 Å². The Kier molecular flexibility index (Phi) is 4.04. The van der Waals surface area contributed by atoms with Crippen molar-refractivity contribution >= 4 is 17.5 Å². The lowest BCUT2D eigenvalue weighted by atomic mass is 10.1. The maximum absolute atomic E-state index is 12.2. The van der Waals surface area contributed by atoms with Crippen LogP contribution in [0.5, 0.6) is 5.75 Å². The third kappa shape index (κ3) is 2.86. The van der Waals surface area contributed by atoms with Crippen molar-refractivity contribution in [3.8, 4) is 5.75 Å². The van der Waals surface area contributed by atoms with Crippen molar-refractivity contribution in [1.29, 1.82) is 0 Å². The lowest BCUT2D eigenvalue weighted by Crippen LogP contribution is -2.58. The molecule has 1 aromatic carbocycles. The maximum atomic E-state index is 12.2. The number of nitrogens with zero attached hydrogens (tertiary/aromatic N) is 1. The van der Waals surface area contributed by atoms with Crippen molar-refractivity contribution in [1.82, 2.24) is 5.32 Å². The smallest absolute Gasteiger partial charge is 0.250 e. The van der Waals surface area contributed by atoms with Gasteiger partial charge in [0, 0.05) is 5.69 Å². The number of piperazine rings is 1. The van der Waals surface area contributed by atoms with E-state index in [0.29, 0.717) is 13.0 Å². The fourth-order valence-corrected chi connectivity index (χ4v) is 2.10. The van der Waals surface area contributed by atoms with Gasteiger partial charge in [-0.2, -0.15) is 0 Å². The summed E-state index contributed by atoms with van der Waals surface area (Å²) in [4.78, 5) is 25.3. The van der Waals surface area contributed by atoms with Crippen LogP contribution in [0.2, 0.25) is 0 Å². The second-order valence-electron chi connectivity index (χ2n) is 4.38. The van der Waals surface area contributed by atoms with Crippen LogP contribution < -0.4 is 15.0 Å². The van der Waals surface area contributed by atoms with Crippen LogP contribution in [0.1, 0.15) is 20.3 Å². The molecular weight excluding hydrogens is 244 g/mol. The Morgan fingerprint density at radius 1 is 1.26 bits per heavy atom. The molecule has 0 radical (unpaired) electrons. The van der Waals surface area contributed by atoms with E-state index in [9.17, 15) is 9.59 Å². The summed E-state index contributed by atoms with van der Waals surface area (Å²) in [5, 5.41) is 2.69. The fourth-order valence-electron chi connectivity index (χ4n) is 2.10. The van der Waals surface area contributed by atoms with Crippen LogP contribution in [-0.2, 0) is 9.59 Å². The molecule has 1 N–H and O–H groups in total. The molecule has 1 unspecified atom stereocenters. The monoisotopic (exact) mass is 262 g/mol. The first kappa shape index (κ1) is 13.4. The predicted octanol–water partition coefficient (Wildman–Crippen LogP) is 1.33. The number of carbonyl (C=O) groups is 2. The van der Waals surface area contributed by atoms with Crippen LogP contribution in [0.15, 0.2) is 24.3 Å². The Labute approximate surface area is 112 Å². The third-order valence-corrected chi connectivity index (χ3v) is 3.07. The molecule has 102 valence electrons. The van der Waals surface area contributed by atoms with Gasteiger partial charge in [-0.25, -0.2) is 0 Å². The molecule has 5 heteroatoms. The van der Waals surface area contributed by atoms with Crippen LogP contribution in [0, 0.1) is 0 Å². The van der Waals surface area contributed by atoms with Crippen molar-refractivity contribution in [2.45, 2.75) is 26.3 Å². The molecule has 1 heterocycles. The average Bonchev–Trinajstić information content (AvgIpc) is 2.42. The fraction of sp³-hybridized carbons (Fsp3) is 0.429. The number of rotatable bonds is 4. The van der Waals surface area contributed by atoms with Crippen molar-refractivity contribution in [3.05, 3.63) is 24.3 Å². The molecule has 0 saturated carbocycles. The SMILES string of the molecule is CCOc1ccc(N2CC(=O)NC(CC)C2=O)cc1. The highest BCUT2D eigenvalue weighted by Gasteiger charge is 2.32. The Bertz CT molecular complexity index is 470. The molecule has 1 fully saturated rings. The maximum Gasteiger partial charge on any atom is 0.250 e. The van der Waals surface area contributed by atoms with Crippen LogP contribution in [0.3, 0.4) is 0 Å². The first-order valence-corrected chi connectivity index (χ1v) is 6.49. The zero-order valence-corrected chi connectivity index (χ0v) is 11.2. The molecule has 1 atom stereocenters. The number of ether oxygens (including phenoxy) is 1. The summed E-state index contributed by atoms with van der Waals surface area (Å²) in [5.41, 5.74) is 0.724. The largest absolute Gasteiger partial charge is 0.494 e. The molecule has 1 aliphatic heterocycles. The molecular formula is C14H18N2O3. The Morgan fingerprint density at radius 2 is 1.95 bits per heavy atom. The first-order chi connectivity index (χ1) is 9.15. The number of hydrogen-bond donors (Lipinski definition) is 1. The zero-order valence-electron chi connectivity index (χ0n) is 11.2. The molecule has 0 aliphatic carbocycles. The highest BCUT2D eigenvalue weighted by molar-refractivity contribution is 6.06. The van der Waals surface area contributed by atoms with Gasteiger partial charge in [-0.3, -0.25) is 9.59 Å². The number of carbonyl (C=O) groups excluding carboxylic acids is 2. The molecule has 1 aliphatic rings. The topological polar surface area (TPSA) is 58.6 Å². The summed E-state index contributed by atoms with van der Waals surface area (Å²) >= 11 is 0. The molecule has 1 aromatic rings. The van der Waals surface area contributed by atoms with E-state index in [1.807, 2.05) is 13.8 Å². The van der Waals surface area contributed by atoms with Gasteiger partial charge in [0.1, 0.15) is 18.3 Å². The Hall–Kier alpha value is -2.04. The molecule has 1 saturated heterocycles. The van der Waals surface area contributed by atoms with Crippen LogP contribution in [0.4, 0.5) is 5.69 Å². The molecule has 0 spiro atoms. The van der Waals surface area contributed by atoms with Gasteiger partial charge in [0.2, 0.25) is 11.8 Å². The zero-order chi connectivity index (χ0) is 13.8. The van der Waals surface area contributed by atoms with Gasteiger partial charge >= 0.3 is 0 Å². The molecule has 5 nitrogen and oxygen atoms in total. The van der Waals surface area contributed by atoms with Gasteiger partial charge in [-0.1, -0.05) is 6.92 Å². The molecule has 0 bridgehead atoms. The van der Waals surface area contributed by atoms with Crippen molar-refractivity contribution in [2.75, 3.05) is 18.1 Å². The minimum Gasteiger partial charge on any atom is -0.494 e. The van der Waals surface area contributed by atoms with E-state index in [1.165, 1.54) is 4.90 Å². The number of benzene rings is 1. The number of amides is 2. The lowest BCUT2D eigenvalue weighted by molar-refractivity contribution is -0.131. The van der Waals surface area contributed by atoms with Gasteiger partial charge < -0.3 is 15.0 Å². The summed E-state index contributed by atoms with van der Waals surface area (Å²) < 4.78 is 5.36. The average molecular weight is 262 g/mol. The first-order valence-electron chi connectivity index (χ1n) is 6.49. The van der Waals surface area contributed by atoms with E-state index < -0.39 is 6.04 Å². The summed E-state index contributed by atoms with van der Waals surface area (Å²) in [6.45, 7) is 4.47. The van der Waals surface area contributed by atoms with Crippen molar-refractivity contribution in [3.63, 3.8) is 0 Å². The predicted molar refractivity (Wildman–Crippen MR) is 72.2 cm³/mol. The van der Waals surface area contributed by atoms with Gasteiger partial charge in [0.25, 0.3) is 0 Å². The number of anilines is 1. The molecule has 19 heavy (non-hydrogen) atoms. The van der Waals surface area contributed by atoms with Gasteiger partial charge in [-0.05, 0) is 37.6 Å². The Balaban J connectivity index is 2.19. The second kappa shape index (κ2) is 5.73. The van der Waals surface area contributed by atoms with Crippen LogP contribution >= 0.6 is 0 Å². The second-order valence-corrected chi connectivity index (χ2v) is 4.38. The quantitative estimate of drug-likeness (QED) is 0.890.